The number of rotatable bonds is 2. The summed E-state index contributed by atoms with van der Waals surface area (Å²) in [6, 6.07) is 0.587. The van der Waals surface area contributed by atoms with Gasteiger partial charge in [0.15, 0.2) is 23.2 Å². The first-order valence-electron chi connectivity index (χ1n) is 3.43. The molecule has 0 unspecified atom stereocenters. The monoisotopic (exact) mass is 192 g/mol. The number of halogens is 3. The van der Waals surface area contributed by atoms with Gasteiger partial charge in [0.2, 0.25) is 0 Å². The summed E-state index contributed by atoms with van der Waals surface area (Å²) in [5, 5.41) is 8.54. The van der Waals surface area contributed by atoms with Crippen LogP contribution in [0.25, 0.3) is 0 Å². The molecule has 0 aliphatic heterocycles. The second-order valence-corrected chi connectivity index (χ2v) is 2.33. The average molecular weight is 192 g/mol. The Labute approximate surface area is 72.6 Å². The molecule has 0 aromatic heterocycles. The second kappa shape index (κ2) is 3.66. The van der Waals surface area contributed by atoms with Crippen molar-refractivity contribution in [1.29, 1.82) is 0 Å². The Morgan fingerprint density at radius 2 is 1.92 bits per heavy atom. The molecule has 0 saturated heterocycles. The Kier molecular flexibility index (Phi) is 2.77. The minimum absolute atomic E-state index is 0.428. The number of benzene rings is 1. The van der Waals surface area contributed by atoms with Gasteiger partial charge in [-0.15, -0.1) is 0 Å². The largest absolute Gasteiger partial charge is 0.494 e. The van der Waals surface area contributed by atoms with Gasteiger partial charge in [-0.3, -0.25) is 0 Å². The van der Waals surface area contributed by atoms with Crippen molar-refractivity contribution in [3.63, 3.8) is 0 Å². The van der Waals surface area contributed by atoms with Gasteiger partial charge < -0.3 is 9.84 Å². The lowest BCUT2D eigenvalue weighted by molar-refractivity contribution is 0.262. The molecule has 1 N–H and O–H groups in total. The standard InChI is InChI=1S/C8H7F3O2/c1-13-6-2-5(9)7(10)4(3-12)8(6)11/h2,12H,3H2,1H3. The van der Waals surface area contributed by atoms with Crippen LogP contribution in [0.1, 0.15) is 5.56 Å². The van der Waals surface area contributed by atoms with Gasteiger partial charge in [-0.25, -0.2) is 13.2 Å². The zero-order valence-electron chi connectivity index (χ0n) is 6.77. The van der Waals surface area contributed by atoms with Crippen LogP contribution < -0.4 is 4.74 Å². The molecule has 13 heavy (non-hydrogen) atoms. The maximum absolute atomic E-state index is 13.0. The van der Waals surface area contributed by atoms with Crippen LogP contribution >= 0.6 is 0 Å². The highest BCUT2D eigenvalue weighted by atomic mass is 19.2. The van der Waals surface area contributed by atoms with Gasteiger partial charge in [-0.05, 0) is 0 Å². The summed E-state index contributed by atoms with van der Waals surface area (Å²) in [5.41, 5.74) is -0.725. The highest BCUT2D eigenvalue weighted by Gasteiger charge is 2.18. The Bertz CT molecular complexity index is 326. The van der Waals surface area contributed by atoms with Crippen molar-refractivity contribution in [3.05, 3.63) is 29.1 Å². The van der Waals surface area contributed by atoms with Gasteiger partial charge in [0.25, 0.3) is 0 Å². The SMILES string of the molecule is COc1cc(F)c(F)c(CO)c1F. The van der Waals surface area contributed by atoms with Crippen LogP contribution in [0.3, 0.4) is 0 Å². The van der Waals surface area contributed by atoms with E-state index in [4.69, 9.17) is 5.11 Å². The van der Waals surface area contributed by atoms with Gasteiger partial charge in [0.05, 0.1) is 19.3 Å². The lowest BCUT2D eigenvalue weighted by Crippen LogP contribution is -2.01. The molecule has 72 valence electrons. The lowest BCUT2D eigenvalue weighted by atomic mass is 10.2. The van der Waals surface area contributed by atoms with Gasteiger partial charge in [-0.2, -0.15) is 0 Å². The molecule has 2 nitrogen and oxygen atoms in total. The normalized spacial score (nSPS) is 10.2. The summed E-state index contributed by atoms with van der Waals surface area (Å²) in [4.78, 5) is 0. The maximum Gasteiger partial charge on any atom is 0.173 e. The first-order valence-corrected chi connectivity index (χ1v) is 3.43. The van der Waals surface area contributed by atoms with Crippen LogP contribution in [0.2, 0.25) is 0 Å². The van der Waals surface area contributed by atoms with E-state index in [-0.39, 0.29) is 0 Å². The number of aliphatic hydroxyl groups excluding tert-OH is 1. The molecule has 0 radical (unpaired) electrons. The van der Waals surface area contributed by atoms with E-state index in [0.717, 1.165) is 7.11 Å². The van der Waals surface area contributed by atoms with E-state index in [2.05, 4.69) is 4.74 Å². The molecule has 0 bridgehead atoms. The van der Waals surface area contributed by atoms with Crippen molar-refractivity contribution in [3.8, 4) is 5.75 Å². The molecule has 0 amide bonds. The fraction of sp³-hybridized carbons (Fsp3) is 0.250. The Balaban J connectivity index is 3.39. The molecule has 0 fully saturated rings. The van der Waals surface area contributed by atoms with E-state index >= 15 is 0 Å². The summed E-state index contributed by atoms with van der Waals surface area (Å²) in [7, 11) is 1.12. The molecule has 1 aromatic rings. The molecule has 0 spiro atoms. The minimum atomic E-state index is -1.39. The molecule has 1 aromatic carbocycles. The van der Waals surface area contributed by atoms with Crippen LogP contribution in [0.5, 0.6) is 5.75 Å². The van der Waals surface area contributed by atoms with Crippen LogP contribution in [0.4, 0.5) is 13.2 Å². The molecular weight excluding hydrogens is 185 g/mol. The average Bonchev–Trinajstić information content (AvgIpc) is 2.12. The highest BCUT2D eigenvalue weighted by Crippen LogP contribution is 2.25. The molecule has 0 aliphatic carbocycles. The summed E-state index contributed by atoms with van der Waals surface area (Å²) < 4.78 is 42.9. The smallest absolute Gasteiger partial charge is 0.173 e. The predicted octanol–water partition coefficient (Wildman–Crippen LogP) is 1.60. The van der Waals surface area contributed by atoms with Gasteiger partial charge in [0.1, 0.15) is 0 Å². The molecule has 0 heterocycles. The van der Waals surface area contributed by atoms with E-state index in [9.17, 15) is 13.2 Å². The summed E-state index contributed by atoms with van der Waals surface area (Å²) in [6.07, 6.45) is 0. The predicted molar refractivity (Wildman–Crippen MR) is 38.8 cm³/mol. The quantitative estimate of drug-likeness (QED) is 0.721. The Morgan fingerprint density at radius 3 is 2.38 bits per heavy atom. The van der Waals surface area contributed by atoms with E-state index in [0.29, 0.717) is 6.07 Å². The maximum atomic E-state index is 13.0. The third-order valence-electron chi connectivity index (χ3n) is 1.59. The molecule has 0 atom stereocenters. The first kappa shape index (κ1) is 9.85. The number of ether oxygens (including phenoxy) is 1. The number of hydrogen-bond acceptors (Lipinski definition) is 2. The van der Waals surface area contributed by atoms with Crippen LogP contribution in [0, 0.1) is 17.5 Å². The summed E-state index contributed by atoms with van der Waals surface area (Å²) >= 11 is 0. The van der Waals surface area contributed by atoms with Gasteiger partial charge in [-0.1, -0.05) is 0 Å². The molecular formula is C8H7F3O2. The van der Waals surface area contributed by atoms with E-state index in [1.54, 1.807) is 0 Å². The van der Waals surface area contributed by atoms with Crippen molar-refractivity contribution in [2.24, 2.45) is 0 Å². The van der Waals surface area contributed by atoms with Crippen molar-refractivity contribution < 1.29 is 23.0 Å². The lowest BCUT2D eigenvalue weighted by Gasteiger charge is -2.07. The minimum Gasteiger partial charge on any atom is -0.494 e. The van der Waals surface area contributed by atoms with E-state index < -0.39 is 35.4 Å². The molecule has 0 saturated carbocycles. The fourth-order valence-corrected chi connectivity index (χ4v) is 0.918. The van der Waals surface area contributed by atoms with Crippen molar-refractivity contribution >= 4 is 0 Å². The van der Waals surface area contributed by atoms with Crippen LogP contribution in [0.15, 0.2) is 6.07 Å². The summed E-state index contributed by atoms with van der Waals surface area (Å²) in [6.45, 7) is -0.911. The van der Waals surface area contributed by atoms with Crippen LogP contribution in [-0.4, -0.2) is 12.2 Å². The van der Waals surface area contributed by atoms with Gasteiger partial charge >= 0.3 is 0 Å². The zero-order valence-corrected chi connectivity index (χ0v) is 6.77. The van der Waals surface area contributed by atoms with E-state index in [1.807, 2.05) is 0 Å². The van der Waals surface area contributed by atoms with E-state index in [1.165, 1.54) is 0 Å². The topological polar surface area (TPSA) is 29.5 Å². The van der Waals surface area contributed by atoms with Crippen molar-refractivity contribution in [2.45, 2.75) is 6.61 Å². The molecule has 0 aliphatic rings. The fourth-order valence-electron chi connectivity index (χ4n) is 0.918. The third kappa shape index (κ3) is 1.60. The second-order valence-electron chi connectivity index (χ2n) is 2.33. The van der Waals surface area contributed by atoms with Crippen molar-refractivity contribution in [2.75, 3.05) is 7.11 Å². The van der Waals surface area contributed by atoms with Gasteiger partial charge in [0, 0.05) is 6.07 Å². The summed E-state index contributed by atoms with van der Waals surface area (Å²) in [5.74, 6) is -4.14. The van der Waals surface area contributed by atoms with Crippen molar-refractivity contribution in [1.82, 2.24) is 0 Å². The first-order chi connectivity index (χ1) is 6.11. The Morgan fingerprint density at radius 1 is 1.31 bits per heavy atom. The number of hydrogen-bond donors (Lipinski definition) is 1. The van der Waals surface area contributed by atoms with Crippen LogP contribution in [-0.2, 0) is 6.61 Å². The third-order valence-corrected chi connectivity index (χ3v) is 1.59. The highest BCUT2D eigenvalue weighted by molar-refractivity contribution is 5.32. The molecule has 5 heteroatoms. The number of aliphatic hydroxyl groups is 1. The number of methoxy groups -OCH3 is 1. The zero-order chi connectivity index (χ0) is 10.0. The Hall–Kier alpha value is -1.23. The molecule has 1 rings (SSSR count).